The molecule has 1 heterocycles. The van der Waals surface area contributed by atoms with Gasteiger partial charge < -0.3 is 4.57 Å². The summed E-state index contributed by atoms with van der Waals surface area (Å²) in [5.41, 5.74) is 2.75. The normalized spacial score (nSPS) is 11.0. The second-order valence-corrected chi connectivity index (χ2v) is 5.62. The van der Waals surface area contributed by atoms with Crippen LogP contribution in [-0.4, -0.2) is 15.8 Å². The van der Waals surface area contributed by atoms with Crippen LogP contribution in [0.2, 0.25) is 0 Å². The Hall–Kier alpha value is -2.75. The highest BCUT2D eigenvalue weighted by Crippen LogP contribution is 2.31. The maximum atomic E-state index is 13.2. The number of nitrogens with zero attached hydrogens (tertiary/aromatic N) is 2. The van der Waals surface area contributed by atoms with Gasteiger partial charge in [0.05, 0.1) is 5.69 Å². The quantitative estimate of drug-likeness (QED) is 0.652. The Kier molecular flexibility index (Phi) is 4.06. The van der Waals surface area contributed by atoms with Gasteiger partial charge in [-0.15, -0.1) is 0 Å². The van der Waals surface area contributed by atoms with Crippen molar-refractivity contribution < 1.29 is 9.18 Å². The Morgan fingerprint density at radius 3 is 2.22 bits per heavy atom. The fourth-order valence-electron chi connectivity index (χ4n) is 2.69. The summed E-state index contributed by atoms with van der Waals surface area (Å²) in [5, 5.41) is 0. The first-order valence-electron chi connectivity index (χ1n) is 7.50. The van der Waals surface area contributed by atoms with Crippen molar-refractivity contribution in [1.29, 1.82) is 0 Å². The third-order valence-corrected chi connectivity index (χ3v) is 3.73. The third kappa shape index (κ3) is 2.80. The fraction of sp³-hybridized carbons (Fsp3) is 0.158. The van der Waals surface area contributed by atoms with E-state index in [4.69, 9.17) is 0 Å². The Bertz CT molecular complexity index is 821. The van der Waals surface area contributed by atoms with Gasteiger partial charge in [-0.25, -0.2) is 9.37 Å². The van der Waals surface area contributed by atoms with Gasteiger partial charge in [0, 0.05) is 17.2 Å². The lowest BCUT2D eigenvalue weighted by Crippen LogP contribution is -2.07. The first-order valence-corrected chi connectivity index (χ1v) is 7.50. The van der Waals surface area contributed by atoms with Gasteiger partial charge in [-0.05, 0) is 38.1 Å². The van der Waals surface area contributed by atoms with E-state index < -0.39 is 0 Å². The highest BCUT2D eigenvalue weighted by molar-refractivity contribution is 5.86. The lowest BCUT2D eigenvalue weighted by Gasteiger charge is -2.13. The van der Waals surface area contributed by atoms with Gasteiger partial charge in [-0.2, -0.15) is 0 Å². The van der Waals surface area contributed by atoms with Crippen LogP contribution in [-0.2, 0) is 0 Å². The van der Waals surface area contributed by atoms with E-state index in [1.807, 2.05) is 48.7 Å². The molecule has 0 aliphatic rings. The topological polar surface area (TPSA) is 34.9 Å². The van der Waals surface area contributed by atoms with Gasteiger partial charge in [0.25, 0.3) is 0 Å². The molecule has 1 aromatic heterocycles. The fourth-order valence-corrected chi connectivity index (χ4v) is 2.69. The predicted molar refractivity (Wildman–Crippen MR) is 88.8 cm³/mol. The lowest BCUT2D eigenvalue weighted by atomic mass is 10.1. The van der Waals surface area contributed by atoms with Crippen molar-refractivity contribution in [2.24, 2.45) is 0 Å². The van der Waals surface area contributed by atoms with Crippen LogP contribution < -0.4 is 0 Å². The zero-order chi connectivity index (χ0) is 16.4. The first-order chi connectivity index (χ1) is 11.1. The smallest absolute Gasteiger partial charge is 0.168 e. The zero-order valence-corrected chi connectivity index (χ0v) is 13.0. The van der Waals surface area contributed by atoms with E-state index in [-0.39, 0.29) is 11.9 Å². The zero-order valence-electron chi connectivity index (χ0n) is 13.0. The lowest BCUT2D eigenvalue weighted by molar-refractivity contribution is 0.111. The molecule has 0 atom stereocenters. The van der Waals surface area contributed by atoms with E-state index in [2.05, 4.69) is 4.98 Å². The molecule has 0 fully saturated rings. The largest absolute Gasteiger partial charge is 0.319 e. The molecule has 3 aromatic rings. The van der Waals surface area contributed by atoms with Crippen molar-refractivity contribution in [2.75, 3.05) is 0 Å². The summed E-state index contributed by atoms with van der Waals surface area (Å²) in [6, 6.07) is 15.9. The van der Waals surface area contributed by atoms with Crippen molar-refractivity contribution >= 4 is 6.29 Å². The SMILES string of the molecule is CC(C)n1c(-c2ccccc2)nc(-c2ccc(F)cc2)c1C=O. The molecule has 0 unspecified atom stereocenters. The molecular formula is C19H17FN2O. The highest BCUT2D eigenvalue weighted by atomic mass is 19.1. The van der Waals surface area contributed by atoms with Crippen LogP contribution in [0.5, 0.6) is 0 Å². The number of carbonyl (C=O) groups excluding carboxylic acids is 1. The van der Waals surface area contributed by atoms with Crippen LogP contribution >= 0.6 is 0 Å². The third-order valence-electron chi connectivity index (χ3n) is 3.73. The summed E-state index contributed by atoms with van der Waals surface area (Å²) in [7, 11) is 0. The summed E-state index contributed by atoms with van der Waals surface area (Å²) in [4.78, 5) is 16.4. The van der Waals surface area contributed by atoms with Crippen molar-refractivity contribution in [1.82, 2.24) is 9.55 Å². The average molecular weight is 308 g/mol. The van der Waals surface area contributed by atoms with Crippen LogP contribution in [0.4, 0.5) is 4.39 Å². The van der Waals surface area contributed by atoms with Gasteiger partial charge in [-0.1, -0.05) is 30.3 Å². The number of imidazole rings is 1. The summed E-state index contributed by atoms with van der Waals surface area (Å²) in [6.07, 6.45) is 0.818. The van der Waals surface area contributed by atoms with E-state index >= 15 is 0 Å². The molecule has 2 aromatic carbocycles. The van der Waals surface area contributed by atoms with Crippen LogP contribution in [0.1, 0.15) is 30.4 Å². The molecule has 0 saturated heterocycles. The van der Waals surface area contributed by atoms with Crippen molar-refractivity contribution in [2.45, 2.75) is 19.9 Å². The number of benzene rings is 2. The second kappa shape index (κ2) is 6.16. The number of halogens is 1. The standard InChI is InChI=1S/C19H17FN2O/c1-13(2)22-17(12-23)18(14-8-10-16(20)11-9-14)21-19(22)15-6-4-3-5-7-15/h3-13H,1-2H3. The van der Waals surface area contributed by atoms with Crippen LogP contribution in [0, 0.1) is 5.82 Å². The average Bonchev–Trinajstić information content (AvgIpc) is 2.96. The molecule has 0 spiro atoms. The molecule has 0 radical (unpaired) electrons. The van der Waals surface area contributed by atoms with Crippen LogP contribution in [0.3, 0.4) is 0 Å². The molecule has 3 rings (SSSR count). The molecule has 0 bridgehead atoms. The summed E-state index contributed by atoms with van der Waals surface area (Å²) < 4.78 is 15.1. The minimum Gasteiger partial charge on any atom is -0.319 e. The number of aldehydes is 1. The first kappa shape index (κ1) is 15.2. The van der Waals surface area contributed by atoms with Crippen molar-refractivity contribution in [3.05, 3.63) is 66.1 Å². The molecule has 0 N–H and O–H groups in total. The number of aromatic nitrogens is 2. The molecule has 23 heavy (non-hydrogen) atoms. The number of rotatable bonds is 4. The van der Waals surface area contributed by atoms with Gasteiger partial charge in [0.15, 0.2) is 6.29 Å². The Balaban J connectivity index is 2.25. The number of carbonyl (C=O) groups is 1. The Morgan fingerprint density at radius 1 is 1.00 bits per heavy atom. The molecular weight excluding hydrogens is 291 g/mol. The minimum atomic E-state index is -0.312. The Labute approximate surface area is 134 Å². The van der Waals surface area contributed by atoms with E-state index in [1.54, 1.807) is 12.1 Å². The van der Waals surface area contributed by atoms with Crippen LogP contribution in [0.15, 0.2) is 54.6 Å². The monoisotopic (exact) mass is 308 g/mol. The number of hydrogen-bond donors (Lipinski definition) is 0. The maximum absolute atomic E-state index is 13.2. The molecule has 0 aliphatic heterocycles. The highest BCUT2D eigenvalue weighted by Gasteiger charge is 2.20. The van der Waals surface area contributed by atoms with E-state index in [1.165, 1.54) is 12.1 Å². The van der Waals surface area contributed by atoms with Gasteiger partial charge in [0.1, 0.15) is 17.3 Å². The molecule has 0 aliphatic carbocycles. The van der Waals surface area contributed by atoms with E-state index in [0.29, 0.717) is 11.4 Å². The van der Waals surface area contributed by atoms with Gasteiger partial charge >= 0.3 is 0 Å². The molecule has 116 valence electrons. The van der Waals surface area contributed by atoms with E-state index in [9.17, 15) is 9.18 Å². The predicted octanol–water partition coefficient (Wildman–Crippen LogP) is 4.75. The minimum absolute atomic E-state index is 0.0760. The summed E-state index contributed by atoms with van der Waals surface area (Å²) >= 11 is 0. The molecule has 4 heteroatoms. The maximum Gasteiger partial charge on any atom is 0.168 e. The van der Waals surface area contributed by atoms with E-state index in [0.717, 1.165) is 23.2 Å². The van der Waals surface area contributed by atoms with Gasteiger partial charge in [0.2, 0.25) is 0 Å². The molecule has 3 nitrogen and oxygen atoms in total. The number of hydrogen-bond acceptors (Lipinski definition) is 2. The second-order valence-electron chi connectivity index (χ2n) is 5.62. The summed E-state index contributed by atoms with van der Waals surface area (Å²) in [6.45, 7) is 4.02. The molecule has 0 amide bonds. The Morgan fingerprint density at radius 2 is 1.65 bits per heavy atom. The molecule has 0 saturated carbocycles. The van der Waals surface area contributed by atoms with Crippen LogP contribution in [0.25, 0.3) is 22.6 Å². The van der Waals surface area contributed by atoms with Crippen molar-refractivity contribution in [3.63, 3.8) is 0 Å². The summed E-state index contributed by atoms with van der Waals surface area (Å²) in [5.74, 6) is 0.426. The van der Waals surface area contributed by atoms with Gasteiger partial charge in [-0.3, -0.25) is 4.79 Å². The van der Waals surface area contributed by atoms with Crippen molar-refractivity contribution in [3.8, 4) is 22.6 Å².